The predicted octanol–water partition coefficient (Wildman–Crippen LogP) is 4.56. The molecule has 0 aliphatic carbocycles. The Morgan fingerprint density at radius 1 is 0.861 bits per heavy atom. The van der Waals surface area contributed by atoms with Gasteiger partial charge < -0.3 is 14.0 Å². The summed E-state index contributed by atoms with van der Waals surface area (Å²) in [5.41, 5.74) is 3.21. The van der Waals surface area contributed by atoms with Crippen LogP contribution in [0.3, 0.4) is 0 Å². The Kier molecular flexibility index (Phi) is 6.84. The third kappa shape index (κ3) is 5.47. The molecule has 0 spiro atoms. The summed E-state index contributed by atoms with van der Waals surface area (Å²) in [6.07, 6.45) is 1.77. The fraction of sp³-hybridized carbons (Fsp3) is 0.185. The van der Waals surface area contributed by atoms with E-state index < -0.39 is 10.1 Å². The highest BCUT2D eigenvalue weighted by molar-refractivity contribution is 8.18. The maximum absolute atomic E-state index is 12.5. The molecule has 0 bridgehead atoms. The van der Waals surface area contributed by atoms with Gasteiger partial charge in [-0.3, -0.25) is 4.79 Å². The Labute approximate surface area is 215 Å². The number of amides is 1. The third-order valence-corrected chi connectivity index (χ3v) is 8.28. The van der Waals surface area contributed by atoms with Gasteiger partial charge in [0, 0.05) is 31.9 Å². The van der Waals surface area contributed by atoms with Gasteiger partial charge in [-0.15, -0.1) is 0 Å². The number of thioether (sulfide) groups is 1. The summed E-state index contributed by atoms with van der Waals surface area (Å²) < 4.78 is 30.0. The molecule has 0 saturated carbocycles. The third-order valence-electron chi connectivity index (χ3n) is 5.97. The van der Waals surface area contributed by atoms with Crippen molar-refractivity contribution >= 4 is 44.7 Å². The van der Waals surface area contributed by atoms with Crippen LogP contribution in [0.4, 0.5) is 5.69 Å². The van der Waals surface area contributed by atoms with Crippen molar-refractivity contribution < 1.29 is 17.4 Å². The van der Waals surface area contributed by atoms with E-state index in [1.54, 1.807) is 48.5 Å². The Morgan fingerprint density at radius 3 is 2.17 bits per heavy atom. The van der Waals surface area contributed by atoms with Gasteiger partial charge in [0.25, 0.3) is 5.91 Å². The molecule has 9 heteroatoms. The monoisotopic (exact) mass is 519 g/mol. The molecule has 0 unspecified atom stereocenters. The molecule has 0 aromatic heterocycles. The van der Waals surface area contributed by atoms with Gasteiger partial charge in [-0.25, -0.2) is 0 Å². The van der Waals surface area contributed by atoms with Gasteiger partial charge in [-0.2, -0.15) is 13.4 Å². The summed E-state index contributed by atoms with van der Waals surface area (Å²) in [5.74, 6) is -0.0577. The minimum atomic E-state index is -3.90. The SMILES string of the molecule is Cc1ccc(N2CCN(C3=NC(=O)/C(=C\c4ccc(OS(=O)(=O)c5ccccc5)cc4)S3)CC2)cc1. The lowest BCUT2D eigenvalue weighted by Gasteiger charge is -2.36. The molecule has 1 saturated heterocycles. The molecule has 1 fully saturated rings. The topological polar surface area (TPSA) is 79.3 Å². The molecule has 0 N–H and O–H groups in total. The van der Waals surface area contributed by atoms with Crippen LogP contribution in [0.5, 0.6) is 5.75 Å². The van der Waals surface area contributed by atoms with E-state index in [9.17, 15) is 13.2 Å². The molecule has 5 rings (SSSR count). The zero-order chi connectivity index (χ0) is 25.1. The van der Waals surface area contributed by atoms with Gasteiger partial charge in [-0.1, -0.05) is 48.0 Å². The average molecular weight is 520 g/mol. The van der Waals surface area contributed by atoms with Gasteiger partial charge in [-0.05, 0) is 66.7 Å². The zero-order valence-corrected chi connectivity index (χ0v) is 21.3. The van der Waals surface area contributed by atoms with Crippen molar-refractivity contribution in [2.24, 2.45) is 4.99 Å². The van der Waals surface area contributed by atoms with Crippen molar-refractivity contribution in [3.63, 3.8) is 0 Å². The standard InChI is InChI=1S/C27H25N3O4S2/c1-20-7-11-22(12-8-20)29-15-17-30(18-16-29)27-28-26(31)25(35-27)19-21-9-13-23(14-10-21)34-36(32,33)24-5-3-2-4-6-24/h2-14,19H,15-18H2,1H3/b25-19+. The fourth-order valence-electron chi connectivity index (χ4n) is 3.98. The number of hydrogen-bond acceptors (Lipinski definition) is 7. The highest BCUT2D eigenvalue weighted by Gasteiger charge is 2.28. The average Bonchev–Trinajstić information content (AvgIpc) is 3.26. The van der Waals surface area contributed by atoms with Gasteiger partial charge in [0.15, 0.2) is 5.17 Å². The molecular formula is C27H25N3O4S2. The fourth-order valence-corrected chi connectivity index (χ4v) is 5.89. The highest BCUT2D eigenvalue weighted by Crippen LogP contribution is 2.31. The predicted molar refractivity (Wildman–Crippen MR) is 144 cm³/mol. The summed E-state index contributed by atoms with van der Waals surface area (Å²) in [5, 5.41) is 0.726. The molecule has 2 aliphatic rings. The quantitative estimate of drug-likeness (QED) is 0.361. The van der Waals surface area contributed by atoms with Gasteiger partial charge >= 0.3 is 10.1 Å². The van der Waals surface area contributed by atoms with Crippen molar-refractivity contribution in [2.45, 2.75) is 11.8 Å². The smallest absolute Gasteiger partial charge is 0.339 e. The van der Waals surface area contributed by atoms with Crippen LogP contribution in [0.2, 0.25) is 0 Å². The molecule has 2 aliphatic heterocycles. The molecule has 3 aromatic carbocycles. The first-order valence-corrected chi connectivity index (χ1v) is 13.8. The molecule has 1 amide bonds. The first-order chi connectivity index (χ1) is 17.4. The molecule has 7 nitrogen and oxygen atoms in total. The van der Waals surface area contributed by atoms with E-state index in [4.69, 9.17) is 4.18 Å². The van der Waals surface area contributed by atoms with Gasteiger partial charge in [0.2, 0.25) is 0 Å². The molecule has 36 heavy (non-hydrogen) atoms. The second-order valence-corrected chi connectivity index (χ2v) is 11.1. The number of rotatable bonds is 5. The van der Waals surface area contributed by atoms with E-state index in [-0.39, 0.29) is 16.6 Å². The maximum atomic E-state index is 12.5. The van der Waals surface area contributed by atoms with Crippen LogP contribution in [-0.4, -0.2) is 50.6 Å². The normalized spacial score (nSPS) is 17.4. The number of amidine groups is 1. The molecule has 2 heterocycles. The second-order valence-electron chi connectivity index (χ2n) is 8.54. The first-order valence-electron chi connectivity index (χ1n) is 11.6. The molecular weight excluding hydrogens is 494 g/mol. The molecule has 0 atom stereocenters. The lowest BCUT2D eigenvalue weighted by Crippen LogP contribution is -2.47. The van der Waals surface area contributed by atoms with Gasteiger partial charge in [0.1, 0.15) is 10.6 Å². The zero-order valence-electron chi connectivity index (χ0n) is 19.7. The van der Waals surface area contributed by atoms with Crippen LogP contribution >= 0.6 is 11.8 Å². The second kappa shape index (κ2) is 10.2. The summed E-state index contributed by atoms with van der Waals surface area (Å²) in [4.78, 5) is 21.9. The first kappa shape index (κ1) is 24.1. The van der Waals surface area contributed by atoms with Crippen LogP contribution in [0, 0.1) is 6.92 Å². The summed E-state index contributed by atoms with van der Waals surface area (Å²) in [6, 6.07) is 23.1. The van der Waals surface area contributed by atoms with Crippen LogP contribution < -0.4 is 9.08 Å². The highest BCUT2D eigenvalue weighted by atomic mass is 32.2. The summed E-state index contributed by atoms with van der Waals surface area (Å²) >= 11 is 1.37. The van der Waals surface area contributed by atoms with Crippen molar-refractivity contribution in [3.8, 4) is 5.75 Å². The molecule has 0 radical (unpaired) electrons. The van der Waals surface area contributed by atoms with Gasteiger partial charge in [0.05, 0.1) is 4.91 Å². The lowest BCUT2D eigenvalue weighted by molar-refractivity contribution is -0.113. The van der Waals surface area contributed by atoms with E-state index in [1.165, 1.54) is 35.1 Å². The minimum absolute atomic E-state index is 0.0912. The summed E-state index contributed by atoms with van der Waals surface area (Å²) in [7, 11) is -3.90. The number of benzene rings is 3. The van der Waals surface area contributed by atoms with Crippen molar-refractivity contribution in [3.05, 3.63) is 94.9 Å². The number of aryl methyl sites for hydroxylation is 1. The Bertz CT molecular complexity index is 1410. The minimum Gasteiger partial charge on any atom is -0.379 e. The van der Waals surface area contributed by atoms with Crippen molar-refractivity contribution in [1.29, 1.82) is 0 Å². The van der Waals surface area contributed by atoms with E-state index in [0.29, 0.717) is 4.91 Å². The Balaban J connectivity index is 1.19. The summed E-state index contributed by atoms with van der Waals surface area (Å²) in [6.45, 7) is 5.40. The number of hydrogen-bond donors (Lipinski definition) is 0. The number of carbonyl (C=O) groups is 1. The van der Waals surface area contributed by atoms with Crippen LogP contribution in [-0.2, 0) is 14.9 Å². The van der Waals surface area contributed by atoms with Crippen LogP contribution in [0.25, 0.3) is 6.08 Å². The Hall–Kier alpha value is -3.56. The Morgan fingerprint density at radius 2 is 1.50 bits per heavy atom. The number of piperazine rings is 1. The number of nitrogens with zero attached hydrogens (tertiary/aromatic N) is 3. The largest absolute Gasteiger partial charge is 0.379 e. The van der Waals surface area contributed by atoms with E-state index >= 15 is 0 Å². The molecule has 3 aromatic rings. The number of carbonyl (C=O) groups excluding carboxylic acids is 1. The van der Waals surface area contributed by atoms with E-state index in [2.05, 4.69) is 46.0 Å². The van der Waals surface area contributed by atoms with Crippen LogP contribution in [0.15, 0.2) is 93.7 Å². The molecule has 184 valence electrons. The van der Waals surface area contributed by atoms with E-state index in [1.807, 2.05) is 0 Å². The van der Waals surface area contributed by atoms with Crippen molar-refractivity contribution in [1.82, 2.24) is 4.90 Å². The lowest BCUT2D eigenvalue weighted by atomic mass is 10.2. The maximum Gasteiger partial charge on any atom is 0.339 e. The number of anilines is 1. The van der Waals surface area contributed by atoms with Crippen LogP contribution in [0.1, 0.15) is 11.1 Å². The van der Waals surface area contributed by atoms with E-state index in [0.717, 1.165) is 36.9 Å². The number of aliphatic imine (C=N–C) groups is 1. The van der Waals surface area contributed by atoms with Crippen molar-refractivity contribution in [2.75, 3.05) is 31.1 Å².